The number of anilines is 1. The Hall–Kier alpha value is -2.67. The molecule has 2 aromatic carbocycles. The van der Waals surface area contributed by atoms with Crippen LogP contribution in [0.5, 0.6) is 0 Å². The van der Waals surface area contributed by atoms with E-state index in [4.69, 9.17) is 11.6 Å². The van der Waals surface area contributed by atoms with Crippen LogP contribution < -0.4 is 4.90 Å². The number of nitro benzene ring substituents is 1. The zero-order valence-electron chi connectivity index (χ0n) is 13.2. The first-order valence-electron chi connectivity index (χ1n) is 7.69. The summed E-state index contributed by atoms with van der Waals surface area (Å²) in [5.74, 6) is -0.568. The van der Waals surface area contributed by atoms with Gasteiger partial charge in [-0.05, 0) is 36.4 Å². The topological polar surface area (TPSA) is 66.7 Å². The number of benzene rings is 2. The Bertz CT molecular complexity index is 805. The molecule has 0 unspecified atom stereocenters. The van der Waals surface area contributed by atoms with Crippen LogP contribution in [-0.4, -0.2) is 41.9 Å². The fraction of sp³-hybridized carbons (Fsp3) is 0.235. The molecule has 1 fully saturated rings. The average molecular weight is 364 g/mol. The molecule has 1 amide bonds. The maximum atomic E-state index is 13.0. The monoisotopic (exact) mass is 363 g/mol. The van der Waals surface area contributed by atoms with Crippen molar-refractivity contribution in [2.75, 3.05) is 31.1 Å². The van der Waals surface area contributed by atoms with Gasteiger partial charge in [-0.25, -0.2) is 4.39 Å². The van der Waals surface area contributed by atoms with Crippen LogP contribution in [0.1, 0.15) is 10.4 Å². The zero-order valence-corrected chi connectivity index (χ0v) is 13.9. The van der Waals surface area contributed by atoms with Crippen LogP contribution >= 0.6 is 11.6 Å². The Morgan fingerprint density at radius 3 is 2.32 bits per heavy atom. The van der Waals surface area contributed by atoms with E-state index in [1.54, 1.807) is 17.0 Å². The molecule has 0 saturated carbocycles. The molecule has 25 heavy (non-hydrogen) atoms. The van der Waals surface area contributed by atoms with Crippen molar-refractivity contribution in [2.24, 2.45) is 0 Å². The number of amides is 1. The van der Waals surface area contributed by atoms with Crippen molar-refractivity contribution in [3.8, 4) is 0 Å². The number of rotatable bonds is 3. The molecule has 0 bridgehead atoms. The van der Waals surface area contributed by atoms with Gasteiger partial charge in [0, 0.05) is 42.8 Å². The summed E-state index contributed by atoms with van der Waals surface area (Å²) in [5, 5.41) is 11.5. The van der Waals surface area contributed by atoms with Crippen LogP contribution in [0.25, 0.3) is 0 Å². The summed E-state index contributed by atoms with van der Waals surface area (Å²) < 4.78 is 13.0. The van der Waals surface area contributed by atoms with E-state index in [9.17, 15) is 19.3 Å². The molecule has 0 spiro atoms. The molecule has 2 aromatic rings. The summed E-state index contributed by atoms with van der Waals surface area (Å²) >= 11 is 5.84. The molecular weight excluding hydrogens is 349 g/mol. The smallest absolute Gasteiger partial charge is 0.294 e. The van der Waals surface area contributed by atoms with Gasteiger partial charge in [0.15, 0.2) is 0 Å². The average Bonchev–Trinajstić information content (AvgIpc) is 2.62. The van der Waals surface area contributed by atoms with E-state index < -0.39 is 10.7 Å². The second-order valence-electron chi connectivity index (χ2n) is 5.68. The summed E-state index contributed by atoms with van der Waals surface area (Å²) in [6, 6.07) is 9.97. The number of carbonyl (C=O) groups excluding carboxylic acids is 1. The van der Waals surface area contributed by atoms with Crippen LogP contribution in [0.15, 0.2) is 42.5 Å². The highest BCUT2D eigenvalue weighted by molar-refractivity contribution is 6.30. The first-order valence-corrected chi connectivity index (χ1v) is 8.07. The van der Waals surface area contributed by atoms with Crippen LogP contribution in [0, 0.1) is 15.9 Å². The summed E-state index contributed by atoms with van der Waals surface area (Å²) in [5.41, 5.74) is 0.862. The molecule has 1 aliphatic rings. The fourth-order valence-corrected chi connectivity index (χ4v) is 3.00. The Kier molecular flexibility index (Phi) is 4.85. The molecule has 0 N–H and O–H groups in total. The van der Waals surface area contributed by atoms with Crippen LogP contribution in [-0.2, 0) is 0 Å². The van der Waals surface area contributed by atoms with E-state index in [0.29, 0.717) is 42.5 Å². The van der Waals surface area contributed by atoms with Gasteiger partial charge < -0.3 is 9.80 Å². The third kappa shape index (κ3) is 3.71. The number of carbonyl (C=O) groups is 1. The molecule has 8 heteroatoms. The van der Waals surface area contributed by atoms with E-state index in [1.165, 1.54) is 30.3 Å². The standard InChI is InChI=1S/C17H15ClFN3O3/c18-13-3-6-15(16(11-13)22(24)25)20-7-9-21(10-8-20)17(23)12-1-4-14(19)5-2-12/h1-6,11H,7-10H2. The Balaban J connectivity index is 1.71. The lowest BCUT2D eigenvalue weighted by Crippen LogP contribution is -2.49. The van der Waals surface area contributed by atoms with Gasteiger partial charge in [0.2, 0.25) is 0 Å². The number of nitro groups is 1. The van der Waals surface area contributed by atoms with E-state index in [0.717, 1.165) is 0 Å². The summed E-state index contributed by atoms with van der Waals surface area (Å²) in [6.45, 7) is 1.79. The summed E-state index contributed by atoms with van der Waals surface area (Å²) in [4.78, 5) is 26.7. The van der Waals surface area contributed by atoms with Gasteiger partial charge in [-0.1, -0.05) is 11.6 Å². The molecular formula is C17H15ClFN3O3. The predicted octanol–water partition coefficient (Wildman–Crippen LogP) is 3.35. The third-order valence-electron chi connectivity index (χ3n) is 4.13. The van der Waals surface area contributed by atoms with E-state index in [-0.39, 0.29) is 11.6 Å². The van der Waals surface area contributed by atoms with Gasteiger partial charge in [0.05, 0.1) is 4.92 Å². The van der Waals surface area contributed by atoms with Gasteiger partial charge in [-0.3, -0.25) is 14.9 Å². The summed E-state index contributed by atoms with van der Waals surface area (Å²) in [6.07, 6.45) is 0. The first kappa shape index (κ1) is 17.2. The molecule has 0 radical (unpaired) electrons. The molecule has 0 aromatic heterocycles. The van der Waals surface area contributed by atoms with Crippen molar-refractivity contribution in [3.63, 3.8) is 0 Å². The van der Waals surface area contributed by atoms with E-state index in [2.05, 4.69) is 0 Å². The molecule has 6 nitrogen and oxygen atoms in total. The highest BCUT2D eigenvalue weighted by Gasteiger charge is 2.26. The minimum absolute atomic E-state index is 0.0502. The van der Waals surface area contributed by atoms with Crippen molar-refractivity contribution >= 4 is 28.9 Å². The highest BCUT2D eigenvalue weighted by atomic mass is 35.5. The SMILES string of the molecule is O=C(c1ccc(F)cc1)N1CCN(c2ccc(Cl)cc2[N+](=O)[O-])CC1. The number of nitrogens with zero attached hydrogens (tertiary/aromatic N) is 3. The summed E-state index contributed by atoms with van der Waals surface area (Å²) in [7, 11) is 0. The molecule has 3 rings (SSSR count). The minimum Gasteiger partial charge on any atom is -0.362 e. The van der Waals surface area contributed by atoms with Crippen molar-refractivity contribution in [1.82, 2.24) is 4.90 Å². The van der Waals surface area contributed by atoms with Gasteiger partial charge >= 0.3 is 0 Å². The maximum Gasteiger partial charge on any atom is 0.294 e. The Morgan fingerprint density at radius 1 is 1.08 bits per heavy atom. The molecule has 1 heterocycles. The van der Waals surface area contributed by atoms with Gasteiger partial charge in [-0.15, -0.1) is 0 Å². The maximum absolute atomic E-state index is 13.0. The number of hydrogen-bond donors (Lipinski definition) is 0. The third-order valence-corrected chi connectivity index (χ3v) is 4.37. The second-order valence-corrected chi connectivity index (χ2v) is 6.11. The van der Waals surface area contributed by atoms with Crippen molar-refractivity contribution < 1.29 is 14.1 Å². The predicted molar refractivity (Wildman–Crippen MR) is 92.6 cm³/mol. The van der Waals surface area contributed by atoms with Crippen LogP contribution in [0.3, 0.4) is 0 Å². The molecule has 1 aliphatic heterocycles. The van der Waals surface area contributed by atoms with Crippen molar-refractivity contribution in [3.05, 3.63) is 69.0 Å². The Labute approximate surface area is 148 Å². The largest absolute Gasteiger partial charge is 0.362 e. The lowest BCUT2D eigenvalue weighted by atomic mass is 10.1. The van der Waals surface area contributed by atoms with Crippen molar-refractivity contribution in [2.45, 2.75) is 0 Å². The lowest BCUT2D eigenvalue weighted by Gasteiger charge is -2.35. The van der Waals surface area contributed by atoms with Gasteiger partial charge in [0.1, 0.15) is 11.5 Å². The van der Waals surface area contributed by atoms with Crippen molar-refractivity contribution in [1.29, 1.82) is 0 Å². The zero-order chi connectivity index (χ0) is 18.0. The van der Waals surface area contributed by atoms with Gasteiger partial charge in [0.25, 0.3) is 11.6 Å². The molecule has 1 saturated heterocycles. The molecule has 0 atom stereocenters. The number of hydrogen-bond acceptors (Lipinski definition) is 4. The molecule has 0 aliphatic carbocycles. The highest BCUT2D eigenvalue weighted by Crippen LogP contribution is 2.31. The fourth-order valence-electron chi connectivity index (χ4n) is 2.84. The normalized spacial score (nSPS) is 14.5. The first-order chi connectivity index (χ1) is 12.0. The quantitative estimate of drug-likeness (QED) is 0.619. The lowest BCUT2D eigenvalue weighted by molar-refractivity contribution is -0.384. The number of halogens is 2. The minimum atomic E-state index is -0.461. The van der Waals surface area contributed by atoms with E-state index in [1.807, 2.05) is 4.90 Å². The Morgan fingerprint density at radius 2 is 1.72 bits per heavy atom. The molecule has 130 valence electrons. The van der Waals surface area contributed by atoms with Gasteiger partial charge in [-0.2, -0.15) is 0 Å². The second kappa shape index (κ2) is 7.06. The van der Waals surface area contributed by atoms with Crippen LogP contribution in [0.2, 0.25) is 5.02 Å². The van der Waals surface area contributed by atoms with Crippen LogP contribution in [0.4, 0.5) is 15.8 Å². The number of piperazine rings is 1. The van der Waals surface area contributed by atoms with E-state index >= 15 is 0 Å².